The maximum atomic E-state index is 12.0. The Labute approximate surface area is 133 Å². The number of carbonyl (C=O) groups excluding carboxylic acids is 2. The van der Waals surface area contributed by atoms with Crippen LogP contribution in [-0.4, -0.2) is 28.6 Å². The molecule has 0 aliphatic heterocycles. The molecule has 1 aromatic carbocycles. The molecule has 0 atom stereocenters. The van der Waals surface area contributed by atoms with Crippen molar-refractivity contribution >= 4 is 28.3 Å². The third-order valence-corrected chi connectivity index (χ3v) is 3.25. The zero-order valence-electron chi connectivity index (χ0n) is 12.2. The molecule has 24 heavy (non-hydrogen) atoms. The second-order valence-corrected chi connectivity index (χ2v) is 4.84. The summed E-state index contributed by atoms with van der Waals surface area (Å²) in [6.45, 7) is -0.322. The van der Waals surface area contributed by atoms with Crippen LogP contribution >= 0.6 is 0 Å². The molecule has 9 heteroatoms. The first-order chi connectivity index (χ1) is 11.6. The van der Waals surface area contributed by atoms with E-state index in [2.05, 4.69) is 20.8 Å². The van der Waals surface area contributed by atoms with Crippen LogP contribution in [-0.2, 0) is 4.79 Å². The first-order valence-electron chi connectivity index (χ1n) is 6.91. The summed E-state index contributed by atoms with van der Waals surface area (Å²) in [6, 6.07) is 7.51. The number of benzene rings is 1. The van der Waals surface area contributed by atoms with Crippen LogP contribution in [0.4, 0.5) is 5.69 Å². The molecule has 9 nitrogen and oxygen atoms in total. The monoisotopic (exact) mass is 328 g/mol. The molecule has 0 radical (unpaired) electrons. The van der Waals surface area contributed by atoms with Crippen LogP contribution < -0.4 is 21.8 Å². The van der Waals surface area contributed by atoms with Gasteiger partial charge in [0, 0.05) is 0 Å². The lowest BCUT2D eigenvalue weighted by atomic mass is 10.1. The highest BCUT2D eigenvalue weighted by atomic mass is 16.3. The van der Waals surface area contributed by atoms with Crippen LogP contribution in [0.3, 0.4) is 0 Å². The Morgan fingerprint density at radius 3 is 2.58 bits per heavy atom. The number of hydrogen-bond donors (Lipinski definition) is 4. The van der Waals surface area contributed by atoms with E-state index in [4.69, 9.17) is 4.42 Å². The summed E-state index contributed by atoms with van der Waals surface area (Å²) in [5.74, 6) is -1.01. The molecule has 0 fully saturated rings. The van der Waals surface area contributed by atoms with Crippen molar-refractivity contribution in [1.82, 2.24) is 15.5 Å². The lowest BCUT2D eigenvalue weighted by molar-refractivity contribution is -0.115. The molecule has 122 valence electrons. The summed E-state index contributed by atoms with van der Waals surface area (Å²) in [6.07, 6.45) is 1.34. The number of nitrogens with one attached hydrogen (secondary N) is 4. The third-order valence-electron chi connectivity index (χ3n) is 3.25. The lowest BCUT2D eigenvalue weighted by Gasteiger charge is -2.08. The predicted molar refractivity (Wildman–Crippen MR) is 84.9 cm³/mol. The van der Waals surface area contributed by atoms with Gasteiger partial charge in [-0.2, -0.15) is 0 Å². The summed E-state index contributed by atoms with van der Waals surface area (Å²) in [5, 5.41) is 9.49. The van der Waals surface area contributed by atoms with E-state index in [1.165, 1.54) is 30.5 Å². The molecule has 2 heterocycles. The van der Waals surface area contributed by atoms with Gasteiger partial charge in [0.1, 0.15) is 0 Å². The zero-order valence-corrected chi connectivity index (χ0v) is 12.2. The van der Waals surface area contributed by atoms with Crippen molar-refractivity contribution < 1.29 is 14.0 Å². The van der Waals surface area contributed by atoms with Gasteiger partial charge in [-0.1, -0.05) is 6.07 Å². The summed E-state index contributed by atoms with van der Waals surface area (Å²) in [5.41, 5.74) is -0.843. The van der Waals surface area contributed by atoms with E-state index in [0.717, 1.165) is 0 Å². The first kappa shape index (κ1) is 15.3. The minimum atomic E-state index is -0.554. The van der Waals surface area contributed by atoms with Gasteiger partial charge in [0.15, 0.2) is 5.76 Å². The van der Waals surface area contributed by atoms with Gasteiger partial charge in [-0.25, -0.2) is 0 Å². The summed E-state index contributed by atoms with van der Waals surface area (Å²) in [7, 11) is 0. The van der Waals surface area contributed by atoms with Gasteiger partial charge in [0.25, 0.3) is 17.0 Å². The predicted octanol–water partition coefficient (Wildman–Crippen LogP) is 0.178. The number of H-pyrrole nitrogens is 2. The number of hydrogen-bond acceptors (Lipinski definition) is 5. The minimum absolute atomic E-state index is 0.0620. The van der Waals surface area contributed by atoms with E-state index in [0.29, 0.717) is 0 Å². The van der Waals surface area contributed by atoms with Gasteiger partial charge in [-0.05, 0) is 24.3 Å². The minimum Gasteiger partial charge on any atom is -0.459 e. The van der Waals surface area contributed by atoms with Gasteiger partial charge in [0.05, 0.1) is 29.3 Å². The standard InChI is InChI=1S/C15H12N4O5/c20-11(7-16-14(22)10-5-2-6-24-10)17-9-4-1-3-8-12(9)15(23)19-18-13(8)21/h1-6H,7H2,(H,16,22)(H,17,20)(H,18,21)(H,19,23). The van der Waals surface area contributed by atoms with Crippen molar-refractivity contribution in [3.8, 4) is 0 Å². The van der Waals surface area contributed by atoms with Crippen LogP contribution in [0.2, 0.25) is 0 Å². The molecule has 0 bridgehead atoms. The number of anilines is 1. The van der Waals surface area contributed by atoms with Crippen molar-refractivity contribution in [2.45, 2.75) is 0 Å². The van der Waals surface area contributed by atoms with Crippen molar-refractivity contribution in [3.05, 3.63) is 63.1 Å². The second kappa shape index (κ2) is 6.24. The molecule has 0 saturated carbocycles. The van der Waals surface area contributed by atoms with E-state index < -0.39 is 22.9 Å². The third kappa shape index (κ3) is 2.95. The lowest BCUT2D eigenvalue weighted by Crippen LogP contribution is -2.33. The van der Waals surface area contributed by atoms with Gasteiger partial charge in [-0.3, -0.25) is 29.4 Å². The van der Waals surface area contributed by atoms with Crippen LogP contribution in [0.15, 0.2) is 50.6 Å². The van der Waals surface area contributed by atoms with Crippen molar-refractivity contribution in [2.24, 2.45) is 0 Å². The molecule has 4 N–H and O–H groups in total. The fraction of sp³-hybridized carbons (Fsp3) is 0.0667. The van der Waals surface area contributed by atoms with Crippen LogP contribution in [0.1, 0.15) is 10.6 Å². The topological polar surface area (TPSA) is 137 Å². The Balaban J connectivity index is 1.77. The molecule has 0 spiro atoms. The number of amides is 2. The maximum Gasteiger partial charge on any atom is 0.287 e. The smallest absolute Gasteiger partial charge is 0.287 e. The average molecular weight is 328 g/mol. The van der Waals surface area contributed by atoms with E-state index in [1.807, 2.05) is 0 Å². The Hall–Kier alpha value is -3.62. The zero-order chi connectivity index (χ0) is 17.1. The van der Waals surface area contributed by atoms with Gasteiger partial charge in [0.2, 0.25) is 5.91 Å². The van der Waals surface area contributed by atoms with Crippen molar-refractivity contribution in [3.63, 3.8) is 0 Å². The number of fused-ring (bicyclic) bond motifs is 1. The number of aromatic nitrogens is 2. The Kier molecular flexibility index (Phi) is 3.98. The molecule has 3 rings (SSSR count). The quantitative estimate of drug-likeness (QED) is 0.541. The highest BCUT2D eigenvalue weighted by Crippen LogP contribution is 2.16. The second-order valence-electron chi connectivity index (χ2n) is 4.84. The van der Waals surface area contributed by atoms with E-state index in [1.54, 1.807) is 6.07 Å². The SMILES string of the molecule is O=C(CNC(=O)c1ccco1)Nc1cccc2c(=O)[nH][nH]c(=O)c12. The van der Waals surface area contributed by atoms with Crippen molar-refractivity contribution in [1.29, 1.82) is 0 Å². The van der Waals surface area contributed by atoms with E-state index in [-0.39, 0.29) is 28.8 Å². The molecular weight excluding hydrogens is 316 g/mol. The van der Waals surface area contributed by atoms with Gasteiger partial charge < -0.3 is 15.1 Å². The number of carbonyl (C=O) groups is 2. The molecule has 0 aliphatic carbocycles. The fourth-order valence-electron chi connectivity index (χ4n) is 2.18. The highest BCUT2D eigenvalue weighted by Gasteiger charge is 2.13. The number of furan rings is 1. The Morgan fingerprint density at radius 1 is 1.04 bits per heavy atom. The van der Waals surface area contributed by atoms with Gasteiger partial charge in [-0.15, -0.1) is 0 Å². The largest absolute Gasteiger partial charge is 0.459 e. The molecule has 0 unspecified atom stereocenters. The van der Waals surface area contributed by atoms with Crippen LogP contribution in [0, 0.1) is 0 Å². The van der Waals surface area contributed by atoms with Gasteiger partial charge >= 0.3 is 0 Å². The summed E-state index contributed by atoms with van der Waals surface area (Å²) < 4.78 is 4.91. The van der Waals surface area contributed by atoms with E-state index >= 15 is 0 Å². The highest BCUT2D eigenvalue weighted by molar-refractivity contribution is 6.03. The molecule has 0 saturated heterocycles. The summed E-state index contributed by atoms with van der Waals surface area (Å²) >= 11 is 0. The number of rotatable bonds is 4. The fourth-order valence-corrected chi connectivity index (χ4v) is 2.18. The summed E-state index contributed by atoms with van der Waals surface area (Å²) in [4.78, 5) is 47.3. The normalized spacial score (nSPS) is 10.5. The van der Waals surface area contributed by atoms with Crippen molar-refractivity contribution in [2.75, 3.05) is 11.9 Å². The Bertz CT molecular complexity index is 1020. The van der Waals surface area contributed by atoms with Crippen LogP contribution in [0.5, 0.6) is 0 Å². The first-order valence-corrected chi connectivity index (χ1v) is 6.91. The molecule has 3 aromatic rings. The maximum absolute atomic E-state index is 12.0. The Morgan fingerprint density at radius 2 is 1.83 bits per heavy atom. The molecule has 2 aromatic heterocycles. The number of aromatic amines is 2. The van der Waals surface area contributed by atoms with E-state index in [9.17, 15) is 19.2 Å². The molecular formula is C15H12N4O5. The average Bonchev–Trinajstić information content (AvgIpc) is 3.11. The molecule has 0 aliphatic rings. The van der Waals surface area contributed by atoms with Crippen LogP contribution in [0.25, 0.3) is 10.8 Å². The molecule has 2 amide bonds.